The van der Waals surface area contributed by atoms with Crippen molar-refractivity contribution >= 4 is 23.2 Å². The Labute approximate surface area is 112 Å². The van der Waals surface area contributed by atoms with E-state index in [1.165, 1.54) is 0 Å². The zero-order valence-electron chi connectivity index (χ0n) is 10.6. The number of carbonyl (C=O) groups is 1. The maximum atomic E-state index is 11.5. The van der Waals surface area contributed by atoms with Gasteiger partial charge in [-0.3, -0.25) is 4.79 Å². The number of piperazine rings is 1. The van der Waals surface area contributed by atoms with Crippen LogP contribution in [-0.2, 0) is 0 Å². The molecule has 5 heteroatoms. The normalized spacial score (nSPS) is 24.1. The maximum absolute atomic E-state index is 11.5. The van der Waals surface area contributed by atoms with Gasteiger partial charge in [0.2, 0.25) is 0 Å². The number of carbonyl (C=O) groups excluding carboxylic acids is 1. The molecule has 1 aromatic rings. The van der Waals surface area contributed by atoms with E-state index in [0.717, 1.165) is 18.8 Å². The lowest BCUT2D eigenvalue weighted by molar-refractivity contribution is 0.100. The van der Waals surface area contributed by atoms with E-state index in [1.807, 2.05) is 6.07 Å². The number of nitrogens with two attached hydrogens (primary N) is 1. The number of primary amides is 1. The number of hydrogen-bond acceptors (Lipinski definition) is 3. The van der Waals surface area contributed by atoms with E-state index < -0.39 is 5.91 Å². The van der Waals surface area contributed by atoms with Crippen LogP contribution in [0.4, 0.5) is 5.69 Å². The van der Waals surface area contributed by atoms with Gasteiger partial charge in [0.25, 0.3) is 5.91 Å². The Morgan fingerprint density at radius 3 is 2.56 bits per heavy atom. The highest BCUT2D eigenvalue weighted by Gasteiger charge is 2.24. The van der Waals surface area contributed by atoms with Crippen LogP contribution in [-0.4, -0.2) is 31.1 Å². The van der Waals surface area contributed by atoms with Crippen LogP contribution in [0, 0.1) is 0 Å². The molecule has 0 bridgehead atoms. The summed E-state index contributed by atoms with van der Waals surface area (Å²) in [7, 11) is 0. The van der Waals surface area contributed by atoms with E-state index in [9.17, 15) is 4.79 Å². The van der Waals surface area contributed by atoms with E-state index in [-0.39, 0.29) is 0 Å². The summed E-state index contributed by atoms with van der Waals surface area (Å²) in [6.07, 6.45) is 0. The van der Waals surface area contributed by atoms with Crippen molar-refractivity contribution in [3.8, 4) is 0 Å². The lowest BCUT2D eigenvalue weighted by Crippen LogP contribution is -2.54. The summed E-state index contributed by atoms with van der Waals surface area (Å²) in [5, 5.41) is 3.99. The second-order valence-corrected chi connectivity index (χ2v) is 5.34. The van der Waals surface area contributed by atoms with Crippen LogP contribution < -0.4 is 16.0 Å². The molecule has 0 aliphatic carbocycles. The van der Waals surface area contributed by atoms with Crippen LogP contribution in [0.25, 0.3) is 0 Å². The number of amides is 1. The van der Waals surface area contributed by atoms with Gasteiger partial charge in [0.15, 0.2) is 0 Å². The fraction of sp³-hybridized carbons (Fsp3) is 0.462. The third-order valence-electron chi connectivity index (χ3n) is 3.12. The van der Waals surface area contributed by atoms with Crippen molar-refractivity contribution in [1.29, 1.82) is 0 Å². The molecule has 0 radical (unpaired) electrons. The van der Waals surface area contributed by atoms with E-state index in [2.05, 4.69) is 24.1 Å². The zero-order chi connectivity index (χ0) is 13.3. The minimum absolute atomic E-state index is 0.380. The molecule has 3 N–H and O–H groups in total. The molecule has 1 aliphatic rings. The molecule has 0 saturated carbocycles. The molecule has 1 aromatic carbocycles. The minimum Gasteiger partial charge on any atom is -0.368 e. The van der Waals surface area contributed by atoms with Gasteiger partial charge in [-0.25, -0.2) is 0 Å². The van der Waals surface area contributed by atoms with E-state index in [4.69, 9.17) is 17.3 Å². The monoisotopic (exact) mass is 267 g/mol. The van der Waals surface area contributed by atoms with E-state index in [1.54, 1.807) is 12.1 Å². The third kappa shape index (κ3) is 2.76. The number of benzene rings is 1. The second-order valence-electron chi connectivity index (χ2n) is 4.90. The topological polar surface area (TPSA) is 58.4 Å². The van der Waals surface area contributed by atoms with Gasteiger partial charge in [0, 0.05) is 35.9 Å². The largest absolute Gasteiger partial charge is 0.368 e. The molecule has 1 saturated heterocycles. The average molecular weight is 268 g/mol. The molecule has 2 rings (SSSR count). The highest BCUT2D eigenvalue weighted by molar-refractivity contribution is 6.31. The Balaban J connectivity index is 2.35. The maximum Gasteiger partial charge on any atom is 0.250 e. The molecule has 98 valence electrons. The van der Waals surface area contributed by atoms with Gasteiger partial charge < -0.3 is 16.0 Å². The van der Waals surface area contributed by atoms with Crippen molar-refractivity contribution in [3.63, 3.8) is 0 Å². The summed E-state index contributed by atoms with van der Waals surface area (Å²) >= 11 is 5.92. The summed E-state index contributed by atoms with van der Waals surface area (Å²) in [5.74, 6) is -0.439. The third-order valence-corrected chi connectivity index (χ3v) is 3.36. The first-order chi connectivity index (χ1) is 8.47. The first kappa shape index (κ1) is 13.2. The Morgan fingerprint density at radius 1 is 1.39 bits per heavy atom. The molecule has 2 unspecified atom stereocenters. The highest BCUT2D eigenvalue weighted by Crippen LogP contribution is 2.25. The molecular formula is C13H18ClN3O. The van der Waals surface area contributed by atoms with Crippen molar-refractivity contribution in [1.82, 2.24) is 5.32 Å². The van der Waals surface area contributed by atoms with Gasteiger partial charge in [0.05, 0.1) is 5.56 Å². The fourth-order valence-electron chi connectivity index (χ4n) is 2.50. The molecule has 2 atom stereocenters. The quantitative estimate of drug-likeness (QED) is 0.856. The summed E-state index contributed by atoms with van der Waals surface area (Å²) in [5.41, 5.74) is 6.78. The SMILES string of the molecule is CC1CN(c2ccc(Cl)cc2C(N)=O)CC(C)N1. The molecule has 1 fully saturated rings. The van der Waals surface area contributed by atoms with Crippen LogP contribution in [0.5, 0.6) is 0 Å². The van der Waals surface area contributed by atoms with Crippen LogP contribution in [0.15, 0.2) is 18.2 Å². The number of hydrogen-bond donors (Lipinski definition) is 2. The number of anilines is 1. The van der Waals surface area contributed by atoms with Crippen molar-refractivity contribution in [2.45, 2.75) is 25.9 Å². The van der Waals surface area contributed by atoms with Gasteiger partial charge in [-0.1, -0.05) is 11.6 Å². The second kappa shape index (κ2) is 5.16. The molecule has 0 spiro atoms. The smallest absolute Gasteiger partial charge is 0.250 e. The standard InChI is InChI=1S/C13H18ClN3O/c1-8-6-17(7-9(2)16-8)12-4-3-10(14)5-11(12)13(15)18/h3-5,8-9,16H,6-7H2,1-2H3,(H2,15,18). The molecule has 1 aliphatic heterocycles. The molecular weight excluding hydrogens is 250 g/mol. The van der Waals surface area contributed by atoms with Crippen LogP contribution >= 0.6 is 11.6 Å². The predicted molar refractivity (Wildman–Crippen MR) is 74.2 cm³/mol. The summed E-state index contributed by atoms with van der Waals surface area (Å²) < 4.78 is 0. The Kier molecular flexibility index (Phi) is 3.78. The van der Waals surface area contributed by atoms with Gasteiger partial charge in [0.1, 0.15) is 0 Å². The molecule has 1 amide bonds. The molecule has 0 aromatic heterocycles. The van der Waals surface area contributed by atoms with Gasteiger partial charge >= 0.3 is 0 Å². The Hall–Kier alpha value is -1.26. The van der Waals surface area contributed by atoms with Crippen molar-refractivity contribution in [2.75, 3.05) is 18.0 Å². The van der Waals surface area contributed by atoms with Crippen molar-refractivity contribution in [3.05, 3.63) is 28.8 Å². The lowest BCUT2D eigenvalue weighted by Gasteiger charge is -2.38. The first-order valence-electron chi connectivity index (χ1n) is 6.07. The van der Waals surface area contributed by atoms with Gasteiger partial charge in [-0.15, -0.1) is 0 Å². The van der Waals surface area contributed by atoms with Gasteiger partial charge in [-0.05, 0) is 32.0 Å². The Morgan fingerprint density at radius 2 is 2.00 bits per heavy atom. The highest BCUT2D eigenvalue weighted by atomic mass is 35.5. The first-order valence-corrected chi connectivity index (χ1v) is 6.45. The number of nitrogens with zero attached hydrogens (tertiary/aromatic N) is 1. The number of nitrogens with one attached hydrogen (secondary N) is 1. The Bertz CT molecular complexity index is 454. The van der Waals surface area contributed by atoms with Crippen LogP contribution in [0.3, 0.4) is 0 Å². The predicted octanol–water partition coefficient (Wildman–Crippen LogP) is 1.63. The molecule has 1 heterocycles. The van der Waals surface area contributed by atoms with Gasteiger partial charge in [-0.2, -0.15) is 0 Å². The molecule has 4 nitrogen and oxygen atoms in total. The van der Waals surface area contributed by atoms with E-state index in [0.29, 0.717) is 22.7 Å². The molecule has 18 heavy (non-hydrogen) atoms. The summed E-state index contributed by atoms with van der Waals surface area (Å²) in [4.78, 5) is 13.7. The minimum atomic E-state index is -0.439. The summed E-state index contributed by atoms with van der Waals surface area (Å²) in [6, 6.07) is 6.06. The summed E-state index contributed by atoms with van der Waals surface area (Å²) in [6.45, 7) is 5.96. The number of rotatable bonds is 2. The fourth-order valence-corrected chi connectivity index (χ4v) is 2.68. The number of halogens is 1. The van der Waals surface area contributed by atoms with Crippen molar-refractivity contribution in [2.24, 2.45) is 5.73 Å². The van der Waals surface area contributed by atoms with Crippen LogP contribution in [0.1, 0.15) is 24.2 Å². The average Bonchev–Trinajstić information content (AvgIpc) is 2.27. The van der Waals surface area contributed by atoms with Crippen molar-refractivity contribution < 1.29 is 4.79 Å². The van der Waals surface area contributed by atoms with E-state index >= 15 is 0 Å². The zero-order valence-corrected chi connectivity index (χ0v) is 11.4. The lowest BCUT2D eigenvalue weighted by atomic mass is 10.1. The van der Waals surface area contributed by atoms with Crippen LogP contribution in [0.2, 0.25) is 5.02 Å².